The second kappa shape index (κ2) is 9.27. The van der Waals surface area contributed by atoms with Gasteiger partial charge in [0.25, 0.3) is 0 Å². The van der Waals surface area contributed by atoms with Crippen LogP contribution in [-0.4, -0.2) is 38.8 Å². The number of nitrogens with one attached hydrogen (secondary N) is 1. The Bertz CT molecular complexity index is 1030. The van der Waals surface area contributed by atoms with Crippen molar-refractivity contribution in [3.05, 3.63) is 53.6 Å². The number of rotatable bonds is 6. The molecule has 0 aromatic heterocycles. The third kappa shape index (κ3) is 5.56. The maximum Gasteiger partial charge on any atom is 0.416 e. The summed E-state index contributed by atoms with van der Waals surface area (Å²) in [6.07, 6.45) is -2.06. The molecule has 0 saturated carbocycles. The Kier molecular flexibility index (Phi) is 6.90. The molecule has 168 valence electrons. The summed E-state index contributed by atoms with van der Waals surface area (Å²) in [5, 5.41) is 2.60. The van der Waals surface area contributed by atoms with Crippen LogP contribution in [0, 0.1) is 0 Å². The van der Waals surface area contributed by atoms with E-state index in [1.807, 2.05) is 0 Å². The molecule has 3 rings (SSSR count). The van der Waals surface area contributed by atoms with Gasteiger partial charge in [-0.15, -0.1) is 0 Å². The van der Waals surface area contributed by atoms with Gasteiger partial charge in [0.2, 0.25) is 15.9 Å². The van der Waals surface area contributed by atoms with Crippen molar-refractivity contribution in [1.82, 2.24) is 4.31 Å². The second-order valence-electron chi connectivity index (χ2n) is 7.25. The topological polar surface area (TPSA) is 75.7 Å². The Morgan fingerprint density at radius 3 is 2.29 bits per heavy atom. The molecule has 31 heavy (non-hydrogen) atoms. The van der Waals surface area contributed by atoms with E-state index in [9.17, 15) is 26.4 Å². The third-order valence-corrected chi connectivity index (χ3v) is 6.95. The number of piperidine rings is 1. The number of anilines is 1. The fourth-order valence-corrected chi connectivity index (χ4v) is 5.10. The van der Waals surface area contributed by atoms with Gasteiger partial charge in [-0.05, 0) is 48.7 Å². The number of methoxy groups -OCH3 is 1. The number of benzene rings is 2. The first-order valence-corrected chi connectivity index (χ1v) is 11.2. The number of carbonyl (C=O) groups excluding carboxylic acids is 1. The molecule has 1 heterocycles. The van der Waals surface area contributed by atoms with Crippen molar-refractivity contribution >= 4 is 21.6 Å². The van der Waals surface area contributed by atoms with Gasteiger partial charge in [0.05, 0.1) is 19.1 Å². The van der Waals surface area contributed by atoms with E-state index in [1.165, 1.54) is 41.7 Å². The van der Waals surface area contributed by atoms with Gasteiger partial charge >= 0.3 is 6.18 Å². The molecule has 0 unspecified atom stereocenters. The molecule has 2 aromatic rings. The zero-order valence-corrected chi connectivity index (χ0v) is 17.7. The Hall–Kier alpha value is -2.59. The zero-order chi connectivity index (χ0) is 22.6. The summed E-state index contributed by atoms with van der Waals surface area (Å²) in [5.41, 5.74) is -0.132. The molecule has 1 aliphatic heterocycles. The van der Waals surface area contributed by atoms with Crippen molar-refractivity contribution in [1.29, 1.82) is 0 Å². The zero-order valence-electron chi connectivity index (χ0n) is 16.9. The average Bonchev–Trinajstić information content (AvgIpc) is 2.74. The van der Waals surface area contributed by atoms with E-state index < -0.39 is 27.7 Å². The van der Waals surface area contributed by atoms with E-state index in [-0.39, 0.29) is 22.8 Å². The lowest BCUT2D eigenvalue weighted by Crippen LogP contribution is -2.35. The number of nitrogens with zero attached hydrogens (tertiary/aromatic N) is 1. The van der Waals surface area contributed by atoms with Gasteiger partial charge < -0.3 is 10.1 Å². The van der Waals surface area contributed by atoms with Crippen molar-refractivity contribution in [3.63, 3.8) is 0 Å². The standard InChI is InChI=1S/C21H23F3N2O4S/c1-30-18-10-9-17(14-19(18)31(28,29)26-11-3-2-4-12-26)25-20(27)13-15-5-7-16(8-6-15)21(22,23)24/h5-10,14H,2-4,11-13H2,1H3,(H,25,27). The quantitative estimate of drug-likeness (QED) is 0.711. The molecule has 1 aliphatic rings. The van der Waals surface area contributed by atoms with Crippen molar-refractivity contribution in [2.75, 3.05) is 25.5 Å². The lowest BCUT2D eigenvalue weighted by atomic mass is 10.1. The Morgan fingerprint density at radius 2 is 1.71 bits per heavy atom. The first kappa shape index (κ1) is 23.1. The van der Waals surface area contributed by atoms with E-state index in [0.717, 1.165) is 31.4 Å². The molecule has 0 spiro atoms. The van der Waals surface area contributed by atoms with E-state index in [4.69, 9.17) is 4.74 Å². The molecule has 1 amide bonds. The highest BCUT2D eigenvalue weighted by Gasteiger charge is 2.30. The highest BCUT2D eigenvalue weighted by molar-refractivity contribution is 7.89. The minimum Gasteiger partial charge on any atom is -0.495 e. The van der Waals surface area contributed by atoms with Crippen LogP contribution < -0.4 is 10.1 Å². The van der Waals surface area contributed by atoms with E-state index in [0.29, 0.717) is 18.7 Å². The average molecular weight is 456 g/mol. The lowest BCUT2D eigenvalue weighted by Gasteiger charge is -2.26. The van der Waals surface area contributed by atoms with E-state index >= 15 is 0 Å². The van der Waals surface area contributed by atoms with Crippen molar-refractivity contribution in [2.24, 2.45) is 0 Å². The highest BCUT2D eigenvalue weighted by Crippen LogP contribution is 2.31. The molecular weight excluding hydrogens is 433 g/mol. The normalized spacial score (nSPS) is 15.5. The monoisotopic (exact) mass is 456 g/mol. The van der Waals surface area contributed by atoms with Gasteiger partial charge in [0.1, 0.15) is 10.6 Å². The first-order chi connectivity index (χ1) is 14.6. The Labute approximate surface area is 179 Å². The number of halogens is 3. The molecule has 0 bridgehead atoms. The minimum atomic E-state index is -4.44. The number of carbonyl (C=O) groups is 1. The molecule has 1 saturated heterocycles. The van der Waals surface area contributed by atoms with Crippen LogP contribution in [0.25, 0.3) is 0 Å². The molecule has 0 atom stereocenters. The molecule has 1 N–H and O–H groups in total. The Morgan fingerprint density at radius 1 is 1.06 bits per heavy atom. The van der Waals surface area contributed by atoms with E-state index in [1.54, 1.807) is 0 Å². The van der Waals surface area contributed by atoms with Gasteiger partial charge in [0, 0.05) is 18.8 Å². The fraction of sp³-hybridized carbons (Fsp3) is 0.381. The lowest BCUT2D eigenvalue weighted by molar-refractivity contribution is -0.137. The molecule has 0 radical (unpaired) electrons. The SMILES string of the molecule is COc1ccc(NC(=O)Cc2ccc(C(F)(F)F)cc2)cc1S(=O)(=O)N1CCCCC1. The van der Waals surface area contributed by atoms with Crippen LogP contribution in [0.1, 0.15) is 30.4 Å². The molecule has 10 heteroatoms. The third-order valence-electron chi connectivity index (χ3n) is 5.03. The van der Waals surface area contributed by atoms with Crippen molar-refractivity contribution < 1.29 is 31.1 Å². The van der Waals surface area contributed by atoms with Crippen molar-refractivity contribution in [2.45, 2.75) is 36.8 Å². The summed E-state index contributed by atoms with van der Waals surface area (Å²) in [7, 11) is -2.42. The van der Waals surface area contributed by atoms with Crippen LogP contribution in [0.15, 0.2) is 47.4 Å². The smallest absolute Gasteiger partial charge is 0.416 e. The largest absolute Gasteiger partial charge is 0.495 e. The maximum absolute atomic E-state index is 13.1. The van der Waals surface area contributed by atoms with Gasteiger partial charge in [-0.2, -0.15) is 17.5 Å². The van der Waals surface area contributed by atoms with Crippen LogP contribution >= 0.6 is 0 Å². The van der Waals surface area contributed by atoms with Gasteiger partial charge in [-0.3, -0.25) is 4.79 Å². The van der Waals surface area contributed by atoms with Gasteiger partial charge in [-0.1, -0.05) is 18.6 Å². The molecule has 2 aromatic carbocycles. The predicted octanol–water partition coefficient (Wildman–Crippen LogP) is 4.07. The maximum atomic E-state index is 13.1. The Balaban J connectivity index is 1.76. The number of ether oxygens (including phenoxy) is 1. The van der Waals surface area contributed by atoms with Crippen LogP contribution in [-0.2, 0) is 27.4 Å². The summed E-state index contributed by atoms with van der Waals surface area (Å²) in [6.45, 7) is 0.853. The first-order valence-electron chi connectivity index (χ1n) is 9.75. The van der Waals surface area contributed by atoms with Gasteiger partial charge in [-0.25, -0.2) is 8.42 Å². The van der Waals surface area contributed by atoms with E-state index in [2.05, 4.69) is 5.32 Å². The summed E-state index contributed by atoms with van der Waals surface area (Å²) < 4.78 is 70.7. The summed E-state index contributed by atoms with van der Waals surface area (Å²) in [4.78, 5) is 12.3. The van der Waals surface area contributed by atoms with Crippen LogP contribution in [0.4, 0.5) is 18.9 Å². The van der Waals surface area contributed by atoms with Crippen LogP contribution in [0.5, 0.6) is 5.75 Å². The van der Waals surface area contributed by atoms with Gasteiger partial charge in [0.15, 0.2) is 0 Å². The van der Waals surface area contributed by atoms with Crippen molar-refractivity contribution in [3.8, 4) is 5.75 Å². The summed E-state index contributed by atoms with van der Waals surface area (Å²) >= 11 is 0. The fourth-order valence-electron chi connectivity index (χ4n) is 3.40. The number of alkyl halides is 3. The second-order valence-corrected chi connectivity index (χ2v) is 9.16. The predicted molar refractivity (Wildman–Crippen MR) is 109 cm³/mol. The molecular formula is C21H23F3N2O4S. The summed E-state index contributed by atoms with van der Waals surface area (Å²) in [6, 6.07) is 8.63. The molecule has 1 fully saturated rings. The number of hydrogen-bond donors (Lipinski definition) is 1. The van der Waals surface area contributed by atoms with Crippen LogP contribution in [0.2, 0.25) is 0 Å². The van der Waals surface area contributed by atoms with Crippen LogP contribution in [0.3, 0.4) is 0 Å². The number of sulfonamides is 1. The number of amides is 1. The minimum absolute atomic E-state index is 0.0377. The summed E-state index contributed by atoms with van der Waals surface area (Å²) in [5.74, 6) is -0.308. The molecule has 0 aliphatic carbocycles. The molecule has 6 nitrogen and oxygen atoms in total. The highest BCUT2D eigenvalue weighted by atomic mass is 32.2. The number of hydrogen-bond acceptors (Lipinski definition) is 4.